The minimum atomic E-state index is -3.32. The first-order chi connectivity index (χ1) is 8.26. The van der Waals surface area contributed by atoms with Gasteiger partial charge in [0, 0.05) is 19.3 Å². The Balaban J connectivity index is 2.24. The molecule has 1 fully saturated rings. The van der Waals surface area contributed by atoms with Gasteiger partial charge in [-0.2, -0.15) is 0 Å². The molecule has 0 aromatic heterocycles. The van der Waals surface area contributed by atoms with Gasteiger partial charge >= 0.3 is 0 Å². The molecule has 0 saturated heterocycles. The lowest BCUT2D eigenvalue weighted by atomic mass is 9.82. The number of nitrogens with zero attached hydrogens (tertiary/aromatic N) is 1. The Hall–Kier alpha value is -0.840. The maximum Gasteiger partial charge on any atom is 0.244 e. The van der Waals surface area contributed by atoms with Crippen molar-refractivity contribution in [1.82, 2.24) is 4.90 Å². The SMILES string of the molecule is CC1=CC(C)CN(C(=O)C2(S(C)(=O)=O)CCC2)C1. The zero-order valence-corrected chi connectivity index (χ0v) is 12.1. The molecule has 1 heterocycles. The fourth-order valence-electron chi connectivity index (χ4n) is 2.99. The normalized spacial score (nSPS) is 27.4. The van der Waals surface area contributed by atoms with Gasteiger partial charge in [-0.05, 0) is 32.1 Å². The molecule has 5 heteroatoms. The molecule has 1 aliphatic carbocycles. The van der Waals surface area contributed by atoms with Crippen molar-refractivity contribution in [3.8, 4) is 0 Å². The summed E-state index contributed by atoms with van der Waals surface area (Å²) in [4.78, 5) is 14.3. The maximum absolute atomic E-state index is 12.6. The van der Waals surface area contributed by atoms with E-state index in [4.69, 9.17) is 0 Å². The number of rotatable bonds is 2. The summed E-state index contributed by atoms with van der Waals surface area (Å²) < 4.78 is 22.7. The second kappa shape index (κ2) is 4.37. The average Bonchev–Trinajstić information content (AvgIpc) is 2.11. The van der Waals surface area contributed by atoms with Crippen molar-refractivity contribution in [3.63, 3.8) is 0 Å². The third-order valence-electron chi connectivity index (χ3n) is 4.07. The molecular weight excluding hydrogens is 250 g/mol. The monoisotopic (exact) mass is 271 g/mol. The Morgan fingerprint density at radius 1 is 1.44 bits per heavy atom. The predicted octanol–water partition coefficient (Wildman–Crippen LogP) is 1.38. The summed E-state index contributed by atoms with van der Waals surface area (Å²) in [6.07, 6.45) is 5.14. The van der Waals surface area contributed by atoms with Gasteiger partial charge in [0.2, 0.25) is 5.91 Å². The summed E-state index contributed by atoms with van der Waals surface area (Å²) in [5, 5.41) is 0. The van der Waals surface area contributed by atoms with E-state index in [2.05, 4.69) is 13.0 Å². The highest BCUT2D eigenvalue weighted by Gasteiger charge is 2.54. The van der Waals surface area contributed by atoms with Gasteiger partial charge < -0.3 is 4.90 Å². The Bertz CT molecular complexity index is 488. The fraction of sp³-hybridized carbons (Fsp3) is 0.769. The number of carbonyl (C=O) groups excluding carboxylic acids is 1. The molecule has 1 aliphatic heterocycles. The van der Waals surface area contributed by atoms with Gasteiger partial charge in [0.05, 0.1) is 0 Å². The molecule has 0 N–H and O–H groups in total. The van der Waals surface area contributed by atoms with Crippen LogP contribution in [0, 0.1) is 5.92 Å². The van der Waals surface area contributed by atoms with E-state index >= 15 is 0 Å². The highest BCUT2D eigenvalue weighted by Crippen LogP contribution is 2.41. The van der Waals surface area contributed by atoms with Crippen molar-refractivity contribution in [2.75, 3.05) is 19.3 Å². The maximum atomic E-state index is 12.6. The Labute approximate surface area is 109 Å². The minimum absolute atomic E-state index is 0.185. The lowest BCUT2D eigenvalue weighted by Crippen LogP contribution is -2.59. The molecule has 1 unspecified atom stereocenters. The Morgan fingerprint density at radius 3 is 2.44 bits per heavy atom. The highest BCUT2D eigenvalue weighted by molar-refractivity contribution is 7.93. The molecule has 1 amide bonds. The molecule has 1 atom stereocenters. The van der Waals surface area contributed by atoms with Crippen molar-refractivity contribution >= 4 is 15.7 Å². The standard InChI is InChI=1S/C13H21NO3S/c1-10-7-11(2)9-14(8-10)12(15)13(5-4-6-13)18(3,16)17/h7,10H,4-6,8-9H2,1-3H3. The molecule has 0 aromatic carbocycles. The van der Waals surface area contributed by atoms with Crippen LogP contribution in [0.3, 0.4) is 0 Å². The zero-order valence-electron chi connectivity index (χ0n) is 11.3. The third kappa shape index (κ3) is 2.09. The smallest absolute Gasteiger partial charge is 0.244 e. The van der Waals surface area contributed by atoms with E-state index in [9.17, 15) is 13.2 Å². The number of amides is 1. The topological polar surface area (TPSA) is 54.5 Å². The van der Waals surface area contributed by atoms with Crippen molar-refractivity contribution in [3.05, 3.63) is 11.6 Å². The molecule has 102 valence electrons. The molecule has 0 aromatic rings. The second-order valence-corrected chi connectivity index (χ2v) is 8.12. The summed E-state index contributed by atoms with van der Waals surface area (Å²) in [6.45, 7) is 5.24. The van der Waals surface area contributed by atoms with Crippen LogP contribution in [-0.2, 0) is 14.6 Å². The molecule has 4 nitrogen and oxygen atoms in total. The first-order valence-electron chi connectivity index (χ1n) is 6.42. The highest BCUT2D eigenvalue weighted by atomic mass is 32.2. The van der Waals surface area contributed by atoms with Crippen LogP contribution in [0.1, 0.15) is 33.1 Å². The van der Waals surface area contributed by atoms with E-state index < -0.39 is 14.6 Å². The van der Waals surface area contributed by atoms with E-state index in [1.54, 1.807) is 4.90 Å². The zero-order chi connectivity index (χ0) is 13.6. The van der Waals surface area contributed by atoms with E-state index in [0.717, 1.165) is 12.0 Å². The molecule has 0 bridgehead atoms. The van der Waals surface area contributed by atoms with E-state index in [1.165, 1.54) is 6.26 Å². The molecule has 18 heavy (non-hydrogen) atoms. The van der Waals surface area contributed by atoms with Gasteiger partial charge in [-0.3, -0.25) is 4.79 Å². The van der Waals surface area contributed by atoms with Gasteiger partial charge in [-0.25, -0.2) is 8.42 Å². The molecule has 2 rings (SSSR count). The minimum Gasteiger partial charge on any atom is -0.337 e. The van der Waals surface area contributed by atoms with Gasteiger partial charge in [-0.15, -0.1) is 0 Å². The number of hydrogen-bond donors (Lipinski definition) is 0. The van der Waals surface area contributed by atoms with Crippen LogP contribution >= 0.6 is 0 Å². The summed E-state index contributed by atoms with van der Waals surface area (Å²) >= 11 is 0. The van der Waals surface area contributed by atoms with Crippen LogP contribution in [0.5, 0.6) is 0 Å². The average molecular weight is 271 g/mol. The van der Waals surface area contributed by atoms with Gasteiger partial charge in [0.25, 0.3) is 0 Å². The molecule has 0 radical (unpaired) electrons. The van der Waals surface area contributed by atoms with Gasteiger partial charge in [0.15, 0.2) is 14.6 Å². The first kappa shape index (κ1) is 13.6. The van der Waals surface area contributed by atoms with Crippen LogP contribution in [-0.4, -0.2) is 43.3 Å². The lowest BCUT2D eigenvalue weighted by Gasteiger charge is -2.43. The molecular formula is C13H21NO3S. The first-order valence-corrected chi connectivity index (χ1v) is 8.32. The second-order valence-electron chi connectivity index (χ2n) is 5.80. The lowest BCUT2D eigenvalue weighted by molar-refractivity contribution is -0.136. The Morgan fingerprint density at radius 2 is 2.06 bits per heavy atom. The Kier molecular flexibility index (Phi) is 3.30. The molecule has 1 saturated carbocycles. The van der Waals surface area contributed by atoms with Crippen molar-refractivity contribution in [1.29, 1.82) is 0 Å². The van der Waals surface area contributed by atoms with E-state index in [1.807, 2.05) is 6.92 Å². The largest absolute Gasteiger partial charge is 0.337 e. The van der Waals surface area contributed by atoms with Crippen molar-refractivity contribution < 1.29 is 13.2 Å². The predicted molar refractivity (Wildman–Crippen MR) is 70.9 cm³/mol. The van der Waals surface area contributed by atoms with Crippen molar-refractivity contribution in [2.45, 2.75) is 37.9 Å². The van der Waals surface area contributed by atoms with E-state index in [-0.39, 0.29) is 5.91 Å². The molecule has 0 spiro atoms. The summed E-state index contributed by atoms with van der Waals surface area (Å²) in [5.74, 6) is 0.120. The van der Waals surface area contributed by atoms with Crippen molar-refractivity contribution in [2.24, 2.45) is 5.92 Å². The number of hydrogen-bond acceptors (Lipinski definition) is 3. The molecule has 2 aliphatic rings. The third-order valence-corrected chi connectivity index (χ3v) is 6.07. The van der Waals surface area contributed by atoms with Crippen LogP contribution in [0.25, 0.3) is 0 Å². The summed E-state index contributed by atoms with van der Waals surface area (Å²) in [5.41, 5.74) is 1.14. The van der Waals surface area contributed by atoms with Crippen LogP contribution in [0.2, 0.25) is 0 Å². The quantitative estimate of drug-likeness (QED) is 0.713. The van der Waals surface area contributed by atoms with Crippen LogP contribution in [0.15, 0.2) is 11.6 Å². The number of sulfone groups is 1. The number of carbonyl (C=O) groups is 1. The summed E-state index contributed by atoms with van der Waals surface area (Å²) in [6, 6.07) is 0. The van der Waals surface area contributed by atoms with Crippen LogP contribution < -0.4 is 0 Å². The van der Waals surface area contributed by atoms with E-state index in [0.29, 0.717) is 31.8 Å². The fourth-order valence-corrected chi connectivity index (χ4v) is 4.46. The van der Waals surface area contributed by atoms with Gasteiger partial charge in [-0.1, -0.05) is 18.6 Å². The summed E-state index contributed by atoms with van der Waals surface area (Å²) in [7, 11) is -3.32. The van der Waals surface area contributed by atoms with Gasteiger partial charge in [0.1, 0.15) is 0 Å². The van der Waals surface area contributed by atoms with Crippen LogP contribution in [0.4, 0.5) is 0 Å².